The maximum atomic E-state index is 13.6. The van der Waals surface area contributed by atoms with E-state index < -0.39 is 4.92 Å². The third-order valence-corrected chi connectivity index (χ3v) is 6.87. The van der Waals surface area contributed by atoms with Gasteiger partial charge in [-0.2, -0.15) is 0 Å². The van der Waals surface area contributed by atoms with Crippen LogP contribution in [-0.2, 0) is 0 Å². The van der Waals surface area contributed by atoms with E-state index in [-0.39, 0.29) is 17.4 Å². The quantitative estimate of drug-likeness (QED) is 0.282. The molecule has 0 aliphatic carbocycles. The van der Waals surface area contributed by atoms with Crippen LogP contribution in [0, 0.1) is 15.9 Å². The molecule has 0 unspecified atom stereocenters. The highest BCUT2D eigenvalue weighted by molar-refractivity contribution is 7.23. The van der Waals surface area contributed by atoms with Crippen LogP contribution in [0.15, 0.2) is 42.5 Å². The lowest BCUT2D eigenvalue weighted by atomic mass is 10.2. The normalized spacial score (nSPS) is 11.5. The third kappa shape index (κ3) is 4.55. The molecule has 7 nitrogen and oxygen atoms in total. The number of nitro groups is 1. The van der Waals surface area contributed by atoms with Gasteiger partial charge in [-0.3, -0.25) is 19.8 Å². The van der Waals surface area contributed by atoms with Crippen molar-refractivity contribution < 1.29 is 14.1 Å². The predicted octanol–water partition coefficient (Wildman–Crippen LogP) is 5.16. The number of benzene rings is 2. The summed E-state index contributed by atoms with van der Waals surface area (Å²) < 4.78 is 15.1. The summed E-state index contributed by atoms with van der Waals surface area (Å²) in [5.41, 5.74) is 0.624. The van der Waals surface area contributed by atoms with Gasteiger partial charge in [0.2, 0.25) is 0 Å². The van der Waals surface area contributed by atoms with Gasteiger partial charge in [-0.05, 0) is 57.4 Å². The first-order chi connectivity index (χ1) is 14.8. The second-order valence-corrected chi connectivity index (χ2v) is 9.40. The zero-order chi connectivity index (χ0) is 22.1. The Morgan fingerprint density at radius 3 is 2.65 bits per heavy atom. The summed E-state index contributed by atoms with van der Waals surface area (Å²) in [6, 6.07) is 10.6. The first-order valence-corrected chi connectivity index (χ1v) is 11.2. The minimum atomic E-state index is -0.452. The van der Waals surface area contributed by atoms with Gasteiger partial charge in [-0.15, -0.1) is 11.3 Å². The van der Waals surface area contributed by atoms with Crippen LogP contribution in [0.25, 0.3) is 20.3 Å². The van der Waals surface area contributed by atoms with E-state index in [9.17, 15) is 19.3 Å². The predicted molar refractivity (Wildman–Crippen MR) is 123 cm³/mol. The Hall–Kier alpha value is -2.95. The van der Waals surface area contributed by atoms with Gasteiger partial charge in [0.25, 0.3) is 11.6 Å². The average molecular weight is 459 g/mol. The number of hydrogen-bond donors (Lipinski definition) is 0. The molecule has 10 heteroatoms. The van der Waals surface area contributed by atoms with Crippen molar-refractivity contribution in [3.8, 4) is 0 Å². The number of carbonyl (C=O) groups is 1. The second-order valence-electron chi connectivity index (χ2n) is 7.31. The fourth-order valence-corrected chi connectivity index (χ4v) is 5.22. The zero-order valence-corrected chi connectivity index (χ0v) is 18.5. The van der Waals surface area contributed by atoms with Crippen molar-refractivity contribution in [3.63, 3.8) is 0 Å². The highest BCUT2D eigenvalue weighted by atomic mass is 32.1. The van der Waals surface area contributed by atoms with E-state index in [2.05, 4.69) is 4.98 Å². The van der Waals surface area contributed by atoms with Gasteiger partial charge in [-0.1, -0.05) is 11.3 Å². The summed E-state index contributed by atoms with van der Waals surface area (Å²) in [6.07, 6.45) is 0.736. The number of thiophene rings is 1. The standard InChI is InChI=1S/C21H19FN4O3S2/c1-24(2)8-3-9-25(21-23-16-6-4-14(22)12-18(16)31-21)20(27)19-11-13-10-15(26(28)29)5-7-17(13)30-19/h4-7,10-12H,3,8-9H2,1-2H3. The van der Waals surface area contributed by atoms with Crippen LogP contribution >= 0.6 is 22.7 Å². The highest BCUT2D eigenvalue weighted by Gasteiger charge is 2.23. The number of fused-ring (bicyclic) bond motifs is 2. The summed E-state index contributed by atoms with van der Waals surface area (Å²) >= 11 is 2.56. The number of hydrogen-bond acceptors (Lipinski definition) is 7. The number of non-ortho nitro benzene ring substituents is 1. The van der Waals surface area contributed by atoms with Crippen molar-refractivity contribution in [1.82, 2.24) is 9.88 Å². The Kier molecular flexibility index (Phi) is 5.94. The van der Waals surface area contributed by atoms with Gasteiger partial charge < -0.3 is 4.90 Å². The Morgan fingerprint density at radius 1 is 1.10 bits per heavy atom. The highest BCUT2D eigenvalue weighted by Crippen LogP contribution is 2.33. The van der Waals surface area contributed by atoms with Crippen molar-refractivity contribution in [2.75, 3.05) is 32.1 Å². The molecule has 0 fully saturated rings. The monoisotopic (exact) mass is 458 g/mol. The lowest BCUT2D eigenvalue weighted by Gasteiger charge is -2.20. The van der Waals surface area contributed by atoms with Crippen LogP contribution in [-0.4, -0.2) is 47.9 Å². The van der Waals surface area contributed by atoms with E-state index in [1.54, 1.807) is 23.1 Å². The van der Waals surface area contributed by atoms with E-state index in [0.717, 1.165) is 17.7 Å². The summed E-state index contributed by atoms with van der Waals surface area (Å²) in [5, 5.41) is 12.2. The number of aromatic nitrogens is 1. The maximum Gasteiger partial charge on any atom is 0.270 e. The van der Waals surface area contributed by atoms with Gasteiger partial charge in [0.05, 0.1) is 20.0 Å². The molecule has 0 bridgehead atoms. The molecule has 0 saturated heterocycles. The van der Waals surface area contributed by atoms with Crippen LogP contribution in [0.3, 0.4) is 0 Å². The molecule has 0 atom stereocenters. The number of thiazole rings is 1. The zero-order valence-electron chi connectivity index (χ0n) is 16.9. The summed E-state index contributed by atoms with van der Waals surface area (Å²) in [5.74, 6) is -0.568. The van der Waals surface area contributed by atoms with Crippen molar-refractivity contribution in [2.24, 2.45) is 0 Å². The van der Waals surface area contributed by atoms with Gasteiger partial charge in [-0.25, -0.2) is 9.37 Å². The number of rotatable bonds is 7. The van der Waals surface area contributed by atoms with E-state index in [1.165, 1.54) is 46.9 Å². The van der Waals surface area contributed by atoms with Crippen LogP contribution in [0.5, 0.6) is 0 Å². The average Bonchev–Trinajstić information content (AvgIpc) is 3.33. The Labute approximate surface area is 185 Å². The Balaban J connectivity index is 1.70. The third-order valence-electron chi connectivity index (χ3n) is 4.72. The molecule has 0 aliphatic rings. The number of anilines is 1. The molecular formula is C21H19FN4O3S2. The van der Waals surface area contributed by atoms with Gasteiger partial charge in [0, 0.05) is 28.8 Å². The number of halogens is 1. The molecule has 2 aromatic carbocycles. The summed E-state index contributed by atoms with van der Waals surface area (Å²) in [7, 11) is 3.93. The lowest BCUT2D eigenvalue weighted by Crippen LogP contribution is -2.32. The smallest absolute Gasteiger partial charge is 0.270 e. The first kappa shape index (κ1) is 21.3. The van der Waals surface area contributed by atoms with Gasteiger partial charge in [0.15, 0.2) is 5.13 Å². The fourth-order valence-electron chi connectivity index (χ4n) is 3.21. The molecule has 0 spiro atoms. The Bertz CT molecular complexity index is 1280. The van der Waals surface area contributed by atoms with Gasteiger partial charge >= 0.3 is 0 Å². The molecule has 0 radical (unpaired) electrons. The molecule has 0 N–H and O–H groups in total. The fraction of sp³-hybridized carbons (Fsp3) is 0.238. The molecule has 4 rings (SSSR count). The van der Waals surface area contributed by atoms with Crippen molar-refractivity contribution in [1.29, 1.82) is 0 Å². The molecule has 1 amide bonds. The second kappa shape index (κ2) is 8.66. The molecule has 0 saturated carbocycles. The Morgan fingerprint density at radius 2 is 1.90 bits per heavy atom. The summed E-state index contributed by atoms with van der Waals surface area (Å²) in [6.45, 7) is 1.25. The first-order valence-electron chi connectivity index (χ1n) is 9.52. The molecule has 2 aromatic heterocycles. The van der Waals surface area contributed by atoms with Crippen LogP contribution in [0.4, 0.5) is 15.2 Å². The largest absolute Gasteiger partial charge is 0.309 e. The molecule has 2 heterocycles. The molecule has 160 valence electrons. The minimum absolute atomic E-state index is 0.0136. The van der Waals surface area contributed by atoms with E-state index in [0.29, 0.717) is 32.2 Å². The number of carbonyl (C=O) groups excluding carboxylic acids is 1. The minimum Gasteiger partial charge on any atom is -0.309 e. The van der Waals surface area contributed by atoms with E-state index in [1.807, 2.05) is 19.0 Å². The van der Waals surface area contributed by atoms with Crippen LogP contribution in [0.2, 0.25) is 0 Å². The van der Waals surface area contributed by atoms with E-state index >= 15 is 0 Å². The van der Waals surface area contributed by atoms with Crippen LogP contribution < -0.4 is 4.90 Å². The van der Waals surface area contributed by atoms with E-state index in [4.69, 9.17) is 0 Å². The molecular weight excluding hydrogens is 439 g/mol. The molecule has 4 aromatic rings. The van der Waals surface area contributed by atoms with Crippen molar-refractivity contribution in [3.05, 3.63) is 63.3 Å². The maximum absolute atomic E-state index is 13.6. The van der Waals surface area contributed by atoms with Crippen molar-refractivity contribution >= 4 is 59.7 Å². The number of nitrogens with zero attached hydrogens (tertiary/aromatic N) is 4. The van der Waals surface area contributed by atoms with Gasteiger partial charge in [0.1, 0.15) is 5.82 Å². The summed E-state index contributed by atoms with van der Waals surface area (Å²) in [4.78, 5) is 32.7. The number of nitro benzene ring substituents is 1. The van der Waals surface area contributed by atoms with Crippen LogP contribution in [0.1, 0.15) is 16.1 Å². The number of amides is 1. The SMILES string of the molecule is CN(C)CCCN(C(=O)c1cc2cc([N+](=O)[O-])ccc2s1)c1nc2ccc(F)cc2s1. The van der Waals surface area contributed by atoms with Crippen molar-refractivity contribution in [2.45, 2.75) is 6.42 Å². The topological polar surface area (TPSA) is 79.6 Å². The lowest BCUT2D eigenvalue weighted by molar-refractivity contribution is -0.384. The molecule has 31 heavy (non-hydrogen) atoms. The molecule has 0 aliphatic heterocycles.